The second kappa shape index (κ2) is 25.3. The van der Waals surface area contributed by atoms with Gasteiger partial charge in [-0.2, -0.15) is 0 Å². The highest BCUT2D eigenvalue weighted by atomic mass is 15.1. The van der Waals surface area contributed by atoms with Gasteiger partial charge in [-0.05, 0) is 158 Å². The molecule has 0 radical (unpaired) electrons. The fraction of sp³-hybridized carbons (Fsp3) is 0. The maximum atomic E-state index is 5.20. The molecule has 0 fully saturated rings. The Morgan fingerprint density at radius 1 is 0.132 bits per heavy atom. The van der Waals surface area contributed by atoms with Crippen LogP contribution in [0.3, 0.4) is 0 Å². The summed E-state index contributed by atoms with van der Waals surface area (Å²) in [4.78, 5) is 18.0. The molecule has 3 aromatic heterocycles. The van der Waals surface area contributed by atoms with Crippen molar-refractivity contribution in [2.45, 2.75) is 0 Å². The topological polar surface area (TPSA) is 41.9 Å². The summed E-state index contributed by atoms with van der Waals surface area (Å²) in [6.45, 7) is 0. The van der Waals surface area contributed by atoms with E-state index in [0.29, 0.717) is 0 Å². The summed E-state index contributed by atoms with van der Waals surface area (Å²) in [5, 5.41) is 0. The molecule has 91 heavy (non-hydrogen) atoms. The summed E-state index contributed by atoms with van der Waals surface area (Å²) in [6, 6.07) is 130. The summed E-state index contributed by atoms with van der Waals surface area (Å²) in [5.74, 6) is 0. The number of nitrogens with zero attached hydrogens (tertiary/aromatic N) is 4. The van der Waals surface area contributed by atoms with Gasteiger partial charge in [0.05, 0.1) is 34.2 Å². The minimum atomic E-state index is 0.932. The van der Waals surface area contributed by atoms with E-state index >= 15 is 0 Å². The van der Waals surface area contributed by atoms with Crippen molar-refractivity contribution >= 4 is 17.1 Å². The van der Waals surface area contributed by atoms with Crippen LogP contribution in [0.5, 0.6) is 0 Å². The van der Waals surface area contributed by atoms with E-state index in [2.05, 4.69) is 369 Å². The molecule has 0 aliphatic carbocycles. The molecule has 0 atom stereocenters. The summed E-state index contributed by atoms with van der Waals surface area (Å²) >= 11 is 0. The fourth-order valence-corrected chi connectivity index (χ4v) is 12.2. The normalized spacial score (nSPS) is 11.1. The van der Waals surface area contributed by atoms with Crippen molar-refractivity contribution in [2.75, 3.05) is 4.90 Å². The zero-order valence-electron chi connectivity index (χ0n) is 49.9. The monoisotopic (exact) mass is 1160 g/mol. The van der Waals surface area contributed by atoms with Crippen molar-refractivity contribution in [2.24, 2.45) is 0 Å². The second-order valence-corrected chi connectivity index (χ2v) is 22.8. The van der Waals surface area contributed by atoms with Crippen molar-refractivity contribution in [1.29, 1.82) is 0 Å². The lowest BCUT2D eigenvalue weighted by Gasteiger charge is -2.27. The van der Waals surface area contributed by atoms with Crippen LogP contribution >= 0.6 is 0 Å². The highest BCUT2D eigenvalue weighted by Crippen LogP contribution is 2.43. The van der Waals surface area contributed by atoms with Crippen LogP contribution in [-0.2, 0) is 0 Å². The molecule has 4 heteroatoms. The third kappa shape index (κ3) is 12.2. The van der Waals surface area contributed by atoms with Gasteiger partial charge in [-0.3, -0.25) is 0 Å². The van der Waals surface area contributed by atoms with Gasteiger partial charge in [0.2, 0.25) is 0 Å². The number of rotatable bonds is 15. The molecule has 0 saturated heterocycles. The molecule has 4 nitrogen and oxygen atoms in total. The Hall–Kier alpha value is -12.1. The first-order valence-electron chi connectivity index (χ1n) is 30.9. The minimum Gasteiger partial charge on any atom is -0.310 e. The van der Waals surface area contributed by atoms with Gasteiger partial charge in [-0.15, -0.1) is 0 Å². The standard InChI is InChI=1S/C87H60N4/c1-7-25-61(26-8-1)82-55-76(56-83(88-82)62-27-9-2-10-28-62)70-40-19-37-67(49-70)73-43-22-46-79(52-73)91(80-47-23-44-74(53-80)68-38-20-41-71(50-68)77-57-84(63-29-11-3-12-30-63)89-85(58-77)64-31-13-4-14-32-64)81-48-24-45-75(54-81)69-39-21-42-72(51-69)78-59-86(65-33-15-5-16-34-65)90-87(60-78)66-35-17-6-18-36-66/h1-60H. The first kappa shape index (κ1) is 55.5. The number of aromatic nitrogens is 3. The first-order chi connectivity index (χ1) is 45.0. The Morgan fingerprint density at radius 2 is 0.297 bits per heavy atom. The molecule has 0 bridgehead atoms. The molecule has 15 aromatic rings. The van der Waals surface area contributed by atoms with Crippen molar-refractivity contribution in [3.8, 4) is 134 Å². The van der Waals surface area contributed by atoms with Gasteiger partial charge in [0.15, 0.2) is 0 Å². The Bertz CT molecular complexity index is 4350. The first-order valence-corrected chi connectivity index (χ1v) is 30.9. The number of pyridine rings is 3. The van der Waals surface area contributed by atoms with Crippen LogP contribution in [0.4, 0.5) is 17.1 Å². The number of benzene rings is 12. The lowest BCUT2D eigenvalue weighted by Crippen LogP contribution is -2.10. The van der Waals surface area contributed by atoms with Crippen LogP contribution < -0.4 is 4.90 Å². The molecule has 15 rings (SSSR count). The summed E-state index contributed by atoms with van der Waals surface area (Å²) in [6.07, 6.45) is 0. The van der Waals surface area contributed by atoms with Gasteiger partial charge in [0.1, 0.15) is 0 Å². The summed E-state index contributed by atoms with van der Waals surface area (Å²) < 4.78 is 0. The van der Waals surface area contributed by atoms with E-state index in [0.717, 1.165) is 151 Å². The van der Waals surface area contributed by atoms with Crippen molar-refractivity contribution < 1.29 is 0 Å². The van der Waals surface area contributed by atoms with Gasteiger partial charge in [0.25, 0.3) is 0 Å². The van der Waals surface area contributed by atoms with E-state index in [9.17, 15) is 0 Å². The molecule has 0 aliphatic heterocycles. The molecule has 12 aromatic carbocycles. The molecule has 0 aliphatic rings. The second-order valence-electron chi connectivity index (χ2n) is 22.8. The van der Waals surface area contributed by atoms with E-state index in [4.69, 9.17) is 15.0 Å². The molecule has 3 heterocycles. The van der Waals surface area contributed by atoms with Crippen LogP contribution in [0, 0.1) is 0 Å². The zero-order chi connectivity index (χ0) is 60.7. The summed E-state index contributed by atoms with van der Waals surface area (Å²) in [5.41, 5.74) is 28.4. The van der Waals surface area contributed by atoms with Gasteiger partial charge >= 0.3 is 0 Å². The van der Waals surface area contributed by atoms with Crippen molar-refractivity contribution in [3.63, 3.8) is 0 Å². The molecule has 0 unspecified atom stereocenters. The quantitative estimate of drug-likeness (QED) is 0.103. The average molecular weight is 1160 g/mol. The van der Waals surface area contributed by atoms with E-state index in [-0.39, 0.29) is 0 Å². The van der Waals surface area contributed by atoms with Crippen molar-refractivity contribution in [3.05, 3.63) is 364 Å². The van der Waals surface area contributed by atoms with Gasteiger partial charge < -0.3 is 4.90 Å². The maximum absolute atomic E-state index is 5.20. The van der Waals surface area contributed by atoms with E-state index in [1.54, 1.807) is 0 Å². The largest absolute Gasteiger partial charge is 0.310 e. The Morgan fingerprint density at radius 3 is 0.505 bits per heavy atom. The van der Waals surface area contributed by atoms with E-state index in [1.807, 2.05) is 0 Å². The molecular weight excluding hydrogens is 1100 g/mol. The molecule has 0 spiro atoms. The molecule has 0 amide bonds. The number of hydrogen-bond donors (Lipinski definition) is 0. The Balaban J connectivity index is 0.836. The average Bonchev–Trinajstić information content (AvgIpc) is 2.07. The zero-order valence-corrected chi connectivity index (χ0v) is 49.9. The Kier molecular flexibility index (Phi) is 15.4. The maximum Gasteiger partial charge on any atom is 0.0715 e. The third-order valence-electron chi connectivity index (χ3n) is 16.8. The summed E-state index contributed by atoms with van der Waals surface area (Å²) in [7, 11) is 0. The molecular formula is C87H60N4. The fourth-order valence-electron chi connectivity index (χ4n) is 12.2. The predicted molar refractivity (Wildman–Crippen MR) is 380 cm³/mol. The third-order valence-corrected chi connectivity index (χ3v) is 16.8. The molecule has 0 N–H and O–H groups in total. The van der Waals surface area contributed by atoms with Crippen LogP contribution in [0.1, 0.15) is 0 Å². The lowest BCUT2D eigenvalue weighted by atomic mass is 9.95. The SMILES string of the molecule is c1ccc(-c2cc(-c3cccc(-c4cccc(N(c5cccc(-c6cccc(-c7cc(-c8ccccc8)nc(-c8ccccc8)c7)c6)c5)c5cccc(-c6cccc(-c7cc(-c8ccccc8)nc(-c8ccccc8)c7)c6)c5)c4)c3)cc(-c3ccccc3)n2)cc1. The molecule has 428 valence electrons. The molecule has 0 saturated carbocycles. The lowest BCUT2D eigenvalue weighted by molar-refractivity contribution is 1.28. The predicted octanol–water partition coefficient (Wildman–Crippen LogP) is 23.3. The van der Waals surface area contributed by atoms with Crippen LogP contribution in [0.15, 0.2) is 364 Å². The van der Waals surface area contributed by atoms with Crippen molar-refractivity contribution in [1.82, 2.24) is 15.0 Å². The smallest absolute Gasteiger partial charge is 0.0715 e. The van der Waals surface area contributed by atoms with Gasteiger partial charge in [-0.1, -0.05) is 273 Å². The van der Waals surface area contributed by atoms with Crippen LogP contribution in [0.2, 0.25) is 0 Å². The highest BCUT2D eigenvalue weighted by molar-refractivity contribution is 5.88. The number of hydrogen-bond acceptors (Lipinski definition) is 4. The van der Waals surface area contributed by atoms with Crippen LogP contribution in [-0.4, -0.2) is 15.0 Å². The van der Waals surface area contributed by atoms with Gasteiger partial charge in [0, 0.05) is 50.4 Å². The Labute approximate surface area is 532 Å². The minimum absolute atomic E-state index is 0.932. The van der Waals surface area contributed by atoms with Gasteiger partial charge in [-0.25, -0.2) is 15.0 Å². The van der Waals surface area contributed by atoms with E-state index < -0.39 is 0 Å². The van der Waals surface area contributed by atoms with E-state index in [1.165, 1.54) is 0 Å². The highest BCUT2D eigenvalue weighted by Gasteiger charge is 2.19. The van der Waals surface area contributed by atoms with Crippen LogP contribution in [0.25, 0.3) is 134 Å². The number of anilines is 3.